The number of anilines is 1. The van der Waals surface area contributed by atoms with Crippen molar-refractivity contribution in [2.24, 2.45) is 0 Å². The van der Waals surface area contributed by atoms with E-state index >= 15 is 0 Å². The summed E-state index contributed by atoms with van der Waals surface area (Å²) in [6.07, 6.45) is 1.63. The first-order valence-corrected chi connectivity index (χ1v) is 5.97. The highest BCUT2D eigenvalue weighted by Gasteiger charge is 2.15. The number of aromatic nitrogens is 1. The van der Waals surface area contributed by atoms with E-state index in [1.165, 1.54) is 6.07 Å². The summed E-state index contributed by atoms with van der Waals surface area (Å²) in [4.78, 5) is 26.5. The Labute approximate surface area is 115 Å². The molecule has 0 saturated carbocycles. The van der Waals surface area contributed by atoms with Crippen LogP contribution in [0, 0.1) is 24.0 Å². The van der Waals surface area contributed by atoms with Crippen LogP contribution in [0.15, 0.2) is 36.5 Å². The quantitative estimate of drug-likeness (QED) is 0.687. The van der Waals surface area contributed by atoms with Crippen molar-refractivity contribution in [3.8, 4) is 0 Å². The SMILES string of the molecule is Cc1ccc(C(=O)Nc2cccnc2C)cc1[N+](=O)[O-]. The molecule has 1 N–H and O–H groups in total. The Hall–Kier alpha value is -2.76. The minimum Gasteiger partial charge on any atom is -0.320 e. The van der Waals surface area contributed by atoms with E-state index in [-0.39, 0.29) is 11.3 Å². The number of hydrogen-bond acceptors (Lipinski definition) is 4. The molecule has 2 aromatic rings. The molecule has 0 radical (unpaired) electrons. The van der Waals surface area contributed by atoms with Crippen LogP contribution in [0.25, 0.3) is 0 Å². The van der Waals surface area contributed by atoms with E-state index < -0.39 is 10.8 Å². The molecule has 0 aliphatic heterocycles. The third-order valence-electron chi connectivity index (χ3n) is 2.92. The second-order valence-corrected chi connectivity index (χ2v) is 4.35. The van der Waals surface area contributed by atoms with E-state index in [9.17, 15) is 14.9 Å². The minimum atomic E-state index is -0.499. The molecule has 20 heavy (non-hydrogen) atoms. The average Bonchev–Trinajstić information content (AvgIpc) is 2.41. The number of amides is 1. The van der Waals surface area contributed by atoms with Crippen LogP contribution in [-0.4, -0.2) is 15.8 Å². The number of aryl methyl sites for hydroxylation is 2. The second kappa shape index (κ2) is 5.48. The van der Waals surface area contributed by atoms with Crippen molar-refractivity contribution in [3.05, 3.63) is 63.5 Å². The Balaban J connectivity index is 2.28. The van der Waals surface area contributed by atoms with Crippen molar-refractivity contribution < 1.29 is 9.72 Å². The number of pyridine rings is 1. The van der Waals surface area contributed by atoms with Gasteiger partial charge in [-0.25, -0.2) is 0 Å². The fraction of sp³-hybridized carbons (Fsp3) is 0.143. The summed E-state index contributed by atoms with van der Waals surface area (Å²) in [5, 5.41) is 13.6. The van der Waals surface area contributed by atoms with Gasteiger partial charge < -0.3 is 5.32 Å². The second-order valence-electron chi connectivity index (χ2n) is 4.35. The van der Waals surface area contributed by atoms with Gasteiger partial charge in [-0.3, -0.25) is 19.9 Å². The maximum atomic E-state index is 12.1. The summed E-state index contributed by atoms with van der Waals surface area (Å²) in [6, 6.07) is 7.83. The van der Waals surface area contributed by atoms with Crippen LogP contribution < -0.4 is 5.32 Å². The molecule has 102 valence electrons. The Morgan fingerprint density at radius 3 is 2.70 bits per heavy atom. The van der Waals surface area contributed by atoms with Gasteiger partial charge in [-0.1, -0.05) is 6.07 Å². The summed E-state index contributed by atoms with van der Waals surface area (Å²) in [6.45, 7) is 3.40. The molecule has 0 unspecified atom stereocenters. The lowest BCUT2D eigenvalue weighted by molar-refractivity contribution is -0.385. The smallest absolute Gasteiger partial charge is 0.273 e. The maximum absolute atomic E-state index is 12.1. The molecule has 6 nitrogen and oxygen atoms in total. The van der Waals surface area contributed by atoms with Crippen molar-refractivity contribution in [3.63, 3.8) is 0 Å². The molecule has 0 aliphatic rings. The lowest BCUT2D eigenvalue weighted by atomic mass is 10.1. The first-order valence-electron chi connectivity index (χ1n) is 5.97. The van der Waals surface area contributed by atoms with Gasteiger partial charge in [0.15, 0.2) is 0 Å². The molecule has 0 spiro atoms. The highest BCUT2D eigenvalue weighted by molar-refractivity contribution is 6.05. The number of carbonyl (C=O) groups is 1. The van der Waals surface area contributed by atoms with Gasteiger partial charge in [0.25, 0.3) is 11.6 Å². The molecule has 0 aliphatic carbocycles. The first kappa shape index (κ1) is 13.7. The lowest BCUT2D eigenvalue weighted by Crippen LogP contribution is -2.13. The minimum absolute atomic E-state index is 0.0689. The molecule has 1 heterocycles. The van der Waals surface area contributed by atoms with Gasteiger partial charge in [-0.2, -0.15) is 0 Å². The number of rotatable bonds is 3. The number of hydrogen-bond donors (Lipinski definition) is 1. The molecule has 0 saturated heterocycles. The van der Waals surface area contributed by atoms with Gasteiger partial charge in [0.1, 0.15) is 0 Å². The molecule has 1 amide bonds. The summed E-state index contributed by atoms with van der Waals surface area (Å²) in [5.41, 5.74) is 1.96. The van der Waals surface area contributed by atoms with Crippen LogP contribution >= 0.6 is 0 Å². The third-order valence-corrected chi connectivity index (χ3v) is 2.92. The highest BCUT2D eigenvalue weighted by atomic mass is 16.6. The molecule has 6 heteroatoms. The fourth-order valence-corrected chi connectivity index (χ4v) is 1.76. The van der Waals surface area contributed by atoms with Crippen LogP contribution in [0.1, 0.15) is 21.6 Å². The van der Waals surface area contributed by atoms with Gasteiger partial charge in [0, 0.05) is 23.4 Å². The highest BCUT2D eigenvalue weighted by Crippen LogP contribution is 2.20. The molecule has 0 bridgehead atoms. The summed E-state index contributed by atoms with van der Waals surface area (Å²) < 4.78 is 0. The predicted molar refractivity (Wildman–Crippen MR) is 74.8 cm³/mol. The van der Waals surface area contributed by atoms with Gasteiger partial charge in [-0.15, -0.1) is 0 Å². The zero-order valence-corrected chi connectivity index (χ0v) is 11.1. The topological polar surface area (TPSA) is 85.1 Å². The number of benzene rings is 1. The van der Waals surface area contributed by atoms with Crippen molar-refractivity contribution >= 4 is 17.3 Å². The predicted octanol–water partition coefficient (Wildman–Crippen LogP) is 2.86. The van der Waals surface area contributed by atoms with Gasteiger partial charge in [-0.05, 0) is 32.0 Å². The third kappa shape index (κ3) is 2.80. The Bertz CT molecular complexity index is 683. The molecular weight excluding hydrogens is 258 g/mol. The van der Waals surface area contributed by atoms with E-state index in [0.717, 1.165) is 0 Å². The molecule has 1 aromatic carbocycles. The Kier molecular flexibility index (Phi) is 3.74. The van der Waals surface area contributed by atoms with E-state index in [1.54, 1.807) is 44.3 Å². The fourth-order valence-electron chi connectivity index (χ4n) is 1.76. The average molecular weight is 271 g/mol. The van der Waals surface area contributed by atoms with Gasteiger partial charge in [0.05, 0.1) is 16.3 Å². The van der Waals surface area contributed by atoms with Crippen LogP contribution in [0.4, 0.5) is 11.4 Å². The Morgan fingerprint density at radius 2 is 2.05 bits per heavy atom. The van der Waals surface area contributed by atoms with Crippen LogP contribution in [0.3, 0.4) is 0 Å². The number of nitro benzene ring substituents is 1. The van der Waals surface area contributed by atoms with Crippen LogP contribution in [0.2, 0.25) is 0 Å². The van der Waals surface area contributed by atoms with Gasteiger partial charge in [0.2, 0.25) is 0 Å². The normalized spacial score (nSPS) is 10.1. The van der Waals surface area contributed by atoms with E-state index in [0.29, 0.717) is 16.9 Å². The van der Waals surface area contributed by atoms with Crippen molar-refractivity contribution in [1.82, 2.24) is 4.98 Å². The molecule has 0 fully saturated rings. The summed E-state index contributed by atoms with van der Waals surface area (Å²) >= 11 is 0. The standard InChI is InChI=1S/C14H13N3O3/c1-9-5-6-11(8-13(9)17(19)20)14(18)16-12-4-3-7-15-10(12)2/h3-8H,1-2H3,(H,16,18). The maximum Gasteiger partial charge on any atom is 0.273 e. The van der Waals surface area contributed by atoms with Crippen molar-refractivity contribution in [2.45, 2.75) is 13.8 Å². The zero-order chi connectivity index (χ0) is 14.7. The van der Waals surface area contributed by atoms with Gasteiger partial charge >= 0.3 is 0 Å². The number of carbonyl (C=O) groups excluding carboxylic acids is 1. The number of nitro groups is 1. The first-order chi connectivity index (χ1) is 9.49. The molecule has 1 aromatic heterocycles. The molecule has 2 rings (SSSR count). The monoisotopic (exact) mass is 271 g/mol. The van der Waals surface area contributed by atoms with E-state index in [4.69, 9.17) is 0 Å². The van der Waals surface area contributed by atoms with E-state index in [2.05, 4.69) is 10.3 Å². The van der Waals surface area contributed by atoms with Crippen molar-refractivity contribution in [2.75, 3.05) is 5.32 Å². The van der Waals surface area contributed by atoms with Crippen LogP contribution in [-0.2, 0) is 0 Å². The molecular formula is C14H13N3O3. The lowest BCUT2D eigenvalue weighted by Gasteiger charge is -2.07. The van der Waals surface area contributed by atoms with E-state index in [1.807, 2.05) is 0 Å². The van der Waals surface area contributed by atoms with Crippen molar-refractivity contribution in [1.29, 1.82) is 0 Å². The summed E-state index contributed by atoms with van der Waals surface area (Å²) in [5.74, 6) is -0.399. The number of nitrogens with zero attached hydrogens (tertiary/aromatic N) is 2. The largest absolute Gasteiger partial charge is 0.320 e. The Morgan fingerprint density at radius 1 is 1.30 bits per heavy atom. The summed E-state index contributed by atoms with van der Waals surface area (Å²) in [7, 11) is 0. The zero-order valence-electron chi connectivity index (χ0n) is 11.1. The van der Waals surface area contributed by atoms with Crippen LogP contribution in [0.5, 0.6) is 0 Å². The molecule has 0 atom stereocenters. The number of nitrogens with one attached hydrogen (secondary N) is 1.